The van der Waals surface area contributed by atoms with Crippen molar-refractivity contribution in [1.82, 2.24) is 9.88 Å². The molecule has 1 aliphatic carbocycles. The lowest BCUT2D eigenvalue weighted by Gasteiger charge is -2.22. The van der Waals surface area contributed by atoms with Crippen LogP contribution >= 0.6 is 0 Å². The first kappa shape index (κ1) is 12.7. The van der Waals surface area contributed by atoms with Gasteiger partial charge in [0.25, 0.3) is 0 Å². The van der Waals surface area contributed by atoms with Crippen LogP contribution in [-0.2, 0) is 13.1 Å². The Morgan fingerprint density at radius 1 is 1.29 bits per heavy atom. The van der Waals surface area contributed by atoms with E-state index < -0.39 is 0 Å². The Balaban J connectivity index is 1.91. The maximum atomic E-state index is 3.57. The molecule has 1 N–H and O–H groups in total. The Kier molecular flexibility index (Phi) is 3.93. The van der Waals surface area contributed by atoms with Gasteiger partial charge in [0.2, 0.25) is 0 Å². The van der Waals surface area contributed by atoms with E-state index in [4.69, 9.17) is 0 Å². The van der Waals surface area contributed by atoms with E-state index in [9.17, 15) is 0 Å². The fourth-order valence-electron chi connectivity index (χ4n) is 2.61. The minimum Gasteiger partial charge on any atom is -0.350 e. The zero-order chi connectivity index (χ0) is 12.3. The summed E-state index contributed by atoms with van der Waals surface area (Å²) in [6.45, 7) is 8.85. The van der Waals surface area contributed by atoms with E-state index in [0.717, 1.165) is 12.5 Å². The standard InChI is InChI=1S/C15H26N2/c1-15(2,3)16-11-14-9-6-10-17(14)12-13-7-4-5-8-13/h6,9-10,13,16H,4-5,7-8,11-12H2,1-3H3. The van der Waals surface area contributed by atoms with Crippen molar-refractivity contribution >= 4 is 0 Å². The Morgan fingerprint density at radius 2 is 2.00 bits per heavy atom. The lowest BCUT2D eigenvalue weighted by molar-refractivity contribution is 0.401. The van der Waals surface area contributed by atoms with Gasteiger partial charge in [0.05, 0.1) is 0 Å². The van der Waals surface area contributed by atoms with Crippen LogP contribution < -0.4 is 5.32 Å². The molecular weight excluding hydrogens is 208 g/mol. The van der Waals surface area contributed by atoms with Crippen LogP contribution in [0.15, 0.2) is 18.3 Å². The molecular formula is C15H26N2. The normalized spacial score (nSPS) is 17.8. The van der Waals surface area contributed by atoms with Gasteiger partial charge in [-0.05, 0) is 51.7 Å². The largest absolute Gasteiger partial charge is 0.350 e. The molecule has 0 saturated heterocycles. The van der Waals surface area contributed by atoms with Gasteiger partial charge in [-0.3, -0.25) is 0 Å². The first-order valence-corrected chi connectivity index (χ1v) is 6.94. The molecule has 0 aromatic carbocycles. The minimum absolute atomic E-state index is 0.197. The molecule has 1 aliphatic rings. The van der Waals surface area contributed by atoms with E-state index in [1.54, 1.807) is 0 Å². The summed E-state index contributed by atoms with van der Waals surface area (Å²) in [6.07, 6.45) is 7.94. The molecule has 1 saturated carbocycles. The Hall–Kier alpha value is -0.760. The van der Waals surface area contributed by atoms with Gasteiger partial charge in [-0.2, -0.15) is 0 Å². The van der Waals surface area contributed by atoms with Gasteiger partial charge in [-0.15, -0.1) is 0 Å². The monoisotopic (exact) mass is 234 g/mol. The van der Waals surface area contributed by atoms with Crippen molar-refractivity contribution in [3.63, 3.8) is 0 Å². The van der Waals surface area contributed by atoms with E-state index in [-0.39, 0.29) is 5.54 Å². The predicted octanol–water partition coefficient (Wildman–Crippen LogP) is 3.57. The molecule has 17 heavy (non-hydrogen) atoms. The lowest BCUT2D eigenvalue weighted by Crippen LogP contribution is -2.35. The SMILES string of the molecule is CC(C)(C)NCc1cccn1CC1CCCC1. The number of hydrogen-bond donors (Lipinski definition) is 1. The number of nitrogens with one attached hydrogen (secondary N) is 1. The summed E-state index contributed by atoms with van der Waals surface area (Å²) in [6, 6.07) is 4.42. The van der Waals surface area contributed by atoms with Crippen LogP contribution in [0.1, 0.15) is 52.1 Å². The number of aromatic nitrogens is 1. The fraction of sp³-hybridized carbons (Fsp3) is 0.733. The Labute approximate surface area is 105 Å². The van der Waals surface area contributed by atoms with Crippen molar-refractivity contribution in [2.75, 3.05) is 0 Å². The van der Waals surface area contributed by atoms with Gasteiger partial charge in [0.15, 0.2) is 0 Å². The van der Waals surface area contributed by atoms with E-state index >= 15 is 0 Å². The van der Waals surface area contributed by atoms with Crippen molar-refractivity contribution in [3.8, 4) is 0 Å². The van der Waals surface area contributed by atoms with Crippen molar-refractivity contribution in [2.24, 2.45) is 5.92 Å². The summed E-state index contributed by atoms with van der Waals surface area (Å²) in [7, 11) is 0. The van der Waals surface area contributed by atoms with E-state index in [2.05, 4.69) is 49.0 Å². The zero-order valence-electron chi connectivity index (χ0n) is 11.5. The molecule has 96 valence electrons. The molecule has 2 rings (SSSR count). The van der Waals surface area contributed by atoms with Crippen molar-refractivity contribution in [3.05, 3.63) is 24.0 Å². The number of nitrogens with zero attached hydrogens (tertiary/aromatic N) is 1. The number of hydrogen-bond acceptors (Lipinski definition) is 1. The summed E-state index contributed by atoms with van der Waals surface area (Å²) in [5.41, 5.74) is 1.62. The highest BCUT2D eigenvalue weighted by atomic mass is 15.0. The molecule has 2 nitrogen and oxygen atoms in total. The fourth-order valence-corrected chi connectivity index (χ4v) is 2.61. The van der Waals surface area contributed by atoms with E-state index in [1.165, 1.54) is 37.9 Å². The van der Waals surface area contributed by atoms with Crippen molar-refractivity contribution in [2.45, 2.75) is 65.1 Å². The second-order valence-electron chi connectivity index (χ2n) is 6.41. The highest BCUT2D eigenvalue weighted by Gasteiger charge is 2.16. The van der Waals surface area contributed by atoms with Crippen molar-refractivity contribution < 1.29 is 0 Å². The van der Waals surface area contributed by atoms with Crippen LogP contribution in [0.5, 0.6) is 0 Å². The predicted molar refractivity (Wildman–Crippen MR) is 73.0 cm³/mol. The quantitative estimate of drug-likeness (QED) is 0.843. The highest BCUT2D eigenvalue weighted by Crippen LogP contribution is 2.26. The second-order valence-corrected chi connectivity index (χ2v) is 6.41. The molecule has 0 aliphatic heterocycles. The molecule has 2 heteroatoms. The number of rotatable bonds is 4. The van der Waals surface area contributed by atoms with Gasteiger partial charge in [-0.1, -0.05) is 12.8 Å². The average molecular weight is 234 g/mol. The van der Waals surface area contributed by atoms with Gasteiger partial charge < -0.3 is 9.88 Å². The molecule has 0 radical (unpaired) electrons. The highest BCUT2D eigenvalue weighted by molar-refractivity contribution is 5.07. The lowest BCUT2D eigenvalue weighted by atomic mass is 10.1. The third-order valence-corrected chi connectivity index (χ3v) is 3.65. The summed E-state index contributed by atoms with van der Waals surface area (Å²) in [4.78, 5) is 0. The van der Waals surface area contributed by atoms with Gasteiger partial charge >= 0.3 is 0 Å². The molecule has 0 atom stereocenters. The van der Waals surface area contributed by atoms with Crippen LogP contribution in [0, 0.1) is 5.92 Å². The molecule has 0 bridgehead atoms. The minimum atomic E-state index is 0.197. The average Bonchev–Trinajstić information content (AvgIpc) is 2.86. The molecule has 0 unspecified atom stereocenters. The molecule has 1 fully saturated rings. The maximum Gasteiger partial charge on any atom is 0.0363 e. The van der Waals surface area contributed by atoms with Gasteiger partial charge in [0.1, 0.15) is 0 Å². The third kappa shape index (κ3) is 3.88. The van der Waals surface area contributed by atoms with Crippen LogP contribution in [0.2, 0.25) is 0 Å². The Bertz CT molecular complexity index is 340. The second kappa shape index (κ2) is 5.26. The Morgan fingerprint density at radius 3 is 2.65 bits per heavy atom. The maximum absolute atomic E-state index is 3.57. The van der Waals surface area contributed by atoms with E-state index in [1.807, 2.05) is 0 Å². The first-order chi connectivity index (χ1) is 8.04. The van der Waals surface area contributed by atoms with Crippen LogP contribution in [0.25, 0.3) is 0 Å². The summed E-state index contributed by atoms with van der Waals surface area (Å²) in [5.74, 6) is 0.913. The van der Waals surface area contributed by atoms with Crippen LogP contribution in [-0.4, -0.2) is 10.1 Å². The summed E-state index contributed by atoms with van der Waals surface area (Å²) in [5, 5.41) is 3.57. The summed E-state index contributed by atoms with van der Waals surface area (Å²) < 4.78 is 2.44. The summed E-state index contributed by atoms with van der Waals surface area (Å²) >= 11 is 0. The topological polar surface area (TPSA) is 17.0 Å². The van der Waals surface area contributed by atoms with Gasteiger partial charge in [-0.25, -0.2) is 0 Å². The molecule has 1 aromatic rings. The smallest absolute Gasteiger partial charge is 0.0363 e. The van der Waals surface area contributed by atoms with Crippen LogP contribution in [0.3, 0.4) is 0 Å². The van der Waals surface area contributed by atoms with Crippen LogP contribution in [0.4, 0.5) is 0 Å². The zero-order valence-corrected chi connectivity index (χ0v) is 11.5. The van der Waals surface area contributed by atoms with Crippen molar-refractivity contribution in [1.29, 1.82) is 0 Å². The van der Waals surface area contributed by atoms with Gasteiger partial charge in [0, 0.05) is 30.5 Å². The molecule has 0 amide bonds. The molecule has 0 spiro atoms. The molecule has 1 heterocycles. The third-order valence-electron chi connectivity index (χ3n) is 3.65. The van der Waals surface area contributed by atoms with E-state index in [0.29, 0.717) is 0 Å². The molecule has 1 aromatic heterocycles. The first-order valence-electron chi connectivity index (χ1n) is 6.94.